The third-order valence-corrected chi connectivity index (χ3v) is 2.28. The lowest BCUT2D eigenvalue weighted by atomic mass is 10.1. The number of ether oxygens (including phenoxy) is 1. The van der Waals surface area contributed by atoms with E-state index in [0.717, 1.165) is 10.9 Å². The van der Waals surface area contributed by atoms with Gasteiger partial charge in [-0.1, -0.05) is 0 Å². The molecular formula is C12H10FNO2. The lowest BCUT2D eigenvalue weighted by molar-refractivity contribution is -0.134. The summed E-state index contributed by atoms with van der Waals surface area (Å²) >= 11 is 0. The Morgan fingerprint density at radius 1 is 1.50 bits per heavy atom. The number of methoxy groups -OCH3 is 1. The highest BCUT2D eigenvalue weighted by Crippen LogP contribution is 2.20. The number of hydrogen-bond acceptors (Lipinski definition) is 2. The van der Waals surface area contributed by atoms with Crippen LogP contribution in [0.3, 0.4) is 0 Å². The number of hydrogen-bond donors (Lipinski definition) is 1. The minimum atomic E-state index is -0.420. The van der Waals surface area contributed by atoms with Crippen LogP contribution in [0.15, 0.2) is 30.5 Å². The van der Waals surface area contributed by atoms with Crippen molar-refractivity contribution in [3.63, 3.8) is 0 Å². The Labute approximate surface area is 91.5 Å². The van der Waals surface area contributed by atoms with Gasteiger partial charge in [0.2, 0.25) is 0 Å². The number of fused-ring (bicyclic) bond motifs is 1. The highest BCUT2D eigenvalue weighted by atomic mass is 19.1. The van der Waals surface area contributed by atoms with Gasteiger partial charge in [0.1, 0.15) is 5.82 Å². The molecule has 0 spiro atoms. The van der Waals surface area contributed by atoms with E-state index in [1.54, 1.807) is 18.3 Å². The number of benzene rings is 1. The third-order valence-electron chi connectivity index (χ3n) is 2.28. The van der Waals surface area contributed by atoms with E-state index in [2.05, 4.69) is 9.72 Å². The number of rotatable bonds is 2. The topological polar surface area (TPSA) is 42.1 Å². The van der Waals surface area contributed by atoms with Gasteiger partial charge in [0.15, 0.2) is 0 Å². The van der Waals surface area contributed by atoms with Crippen LogP contribution in [0.1, 0.15) is 5.56 Å². The first-order valence-electron chi connectivity index (χ1n) is 4.73. The van der Waals surface area contributed by atoms with Gasteiger partial charge in [0.25, 0.3) is 0 Å². The summed E-state index contributed by atoms with van der Waals surface area (Å²) in [4.78, 5) is 13.8. The van der Waals surface area contributed by atoms with Crippen molar-refractivity contribution >= 4 is 22.9 Å². The fourth-order valence-corrected chi connectivity index (χ4v) is 1.48. The molecule has 2 rings (SSSR count). The first-order chi connectivity index (χ1) is 7.70. The standard InChI is InChI=1S/C12H10FNO2/c1-16-12(15)5-2-8-7-14-11-6-9(13)3-4-10(8)11/h2-7,14H,1H3. The van der Waals surface area contributed by atoms with Gasteiger partial charge < -0.3 is 9.72 Å². The quantitative estimate of drug-likeness (QED) is 0.622. The molecule has 0 aliphatic carbocycles. The summed E-state index contributed by atoms with van der Waals surface area (Å²) in [7, 11) is 1.32. The molecule has 1 heterocycles. The van der Waals surface area contributed by atoms with Crippen LogP contribution in [0.25, 0.3) is 17.0 Å². The molecule has 0 aliphatic heterocycles. The van der Waals surface area contributed by atoms with Crippen molar-refractivity contribution in [1.29, 1.82) is 0 Å². The van der Waals surface area contributed by atoms with Crippen LogP contribution in [-0.2, 0) is 9.53 Å². The number of nitrogens with one attached hydrogen (secondary N) is 1. The Morgan fingerprint density at radius 2 is 2.31 bits per heavy atom. The molecule has 0 fully saturated rings. The van der Waals surface area contributed by atoms with Crippen LogP contribution < -0.4 is 0 Å². The molecule has 0 unspecified atom stereocenters. The number of carbonyl (C=O) groups is 1. The molecule has 0 atom stereocenters. The molecular weight excluding hydrogens is 209 g/mol. The van der Waals surface area contributed by atoms with Crippen LogP contribution in [0.5, 0.6) is 0 Å². The molecule has 1 aromatic heterocycles. The van der Waals surface area contributed by atoms with E-state index in [-0.39, 0.29) is 5.82 Å². The first kappa shape index (κ1) is 10.4. The molecule has 82 valence electrons. The first-order valence-corrected chi connectivity index (χ1v) is 4.73. The van der Waals surface area contributed by atoms with Gasteiger partial charge >= 0.3 is 5.97 Å². The molecule has 0 bridgehead atoms. The van der Waals surface area contributed by atoms with Crippen molar-refractivity contribution in [2.45, 2.75) is 0 Å². The zero-order valence-corrected chi connectivity index (χ0v) is 8.66. The van der Waals surface area contributed by atoms with Gasteiger partial charge in [-0.2, -0.15) is 0 Å². The Kier molecular flexibility index (Phi) is 2.72. The van der Waals surface area contributed by atoms with Gasteiger partial charge in [-0.05, 0) is 24.3 Å². The van der Waals surface area contributed by atoms with Crippen molar-refractivity contribution in [1.82, 2.24) is 4.98 Å². The maximum atomic E-state index is 12.9. The maximum absolute atomic E-state index is 12.9. The summed E-state index contributed by atoms with van der Waals surface area (Å²) in [5, 5.41) is 0.863. The molecule has 16 heavy (non-hydrogen) atoms. The predicted octanol–water partition coefficient (Wildman–Crippen LogP) is 2.49. The zero-order valence-electron chi connectivity index (χ0n) is 8.66. The van der Waals surface area contributed by atoms with E-state index >= 15 is 0 Å². The zero-order chi connectivity index (χ0) is 11.5. The monoisotopic (exact) mass is 219 g/mol. The molecule has 1 N–H and O–H groups in total. The Hall–Kier alpha value is -2.10. The molecule has 3 nitrogen and oxygen atoms in total. The average Bonchev–Trinajstić information content (AvgIpc) is 2.68. The third kappa shape index (κ3) is 1.95. The largest absolute Gasteiger partial charge is 0.466 e. The van der Waals surface area contributed by atoms with Crippen LogP contribution in [-0.4, -0.2) is 18.1 Å². The summed E-state index contributed by atoms with van der Waals surface area (Å²) in [5.41, 5.74) is 1.52. The number of carbonyl (C=O) groups excluding carboxylic acids is 1. The molecule has 0 saturated carbocycles. The summed E-state index contributed by atoms with van der Waals surface area (Å²) in [6.07, 6.45) is 4.66. The van der Waals surface area contributed by atoms with Crippen molar-refractivity contribution < 1.29 is 13.9 Å². The lowest BCUT2D eigenvalue weighted by Crippen LogP contribution is -1.92. The Bertz CT molecular complexity index is 557. The highest BCUT2D eigenvalue weighted by Gasteiger charge is 2.02. The minimum absolute atomic E-state index is 0.294. The van der Waals surface area contributed by atoms with Gasteiger partial charge in [-0.25, -0.2) is 9.18 Å². The number of H-pyrrole nitrogens is 1. The highest BCUT2D eigenvalue weighted by molar-refractivity contribution is 5.93. The SMILES string of the molecule is COC(=O)C=Cc1c[nH]c2cc(F)ccc12. The Morgan fingerprint density at radius 3 is 3.06 bits per heavy atom. The van der Waals surface area contributed by atoms with Crippen LogP contribution in [0.4, 0.5) is 4.39 Å². The Balaban J connectivity index is 2.39. The molecule has 2 aromatic rings. The summed E-state index contributed by atoms with van der Waals surface area (Å²) in [6.45, 7) is 0. The van der Waals surface area contributed by atoms with E-state index in [0.29, 0.717) is 5.52 Å². The minimum Gasteiger partial charge on any atom is -0.466 e. The van der Waals surface area contributed by atoms with E-state index < -0.39 is 5.97 Å². The van der Waals surface area contributed by atoms with Crippen molar-refractivity contribution in [2.24, 2.45) is 0 Å². The van der Waals surface area contributed by atoms with E-state index in [4.69, 9.17) is 0 Å². The number of aromatic amines is 1. The molecule has 0 amide bonds. The molecule has 0 saturated heterocycles. The second-order valence-corrected chi connectivity index (χ2v) is 3.29. The lowest BCUT2D eigenvalue weighted by Gasteiger charge is -1.92. The number of aromatic nitrogens is 1. The van der Waals surface area contributed by atoms with Crippen molar-refractivity contribution in [2.75, 3.05) is 7.11 Å². The smallest absolute Gasteiger partial charge is 0.330 e. The van der Waals surface area contributed by atoms with Gasteiger partial charge in [0.05, 0.1) is 7.11 Å². The number of halogens is 1. The average molecular weight is 219 g/mol. The van der Waals surface area contributed by atoms with E-state index in [9.17, 15) is 9.18 Å². The number of esters is 1. The molecule has 0 aliphatic rings. The normalized spacial score (nSPS) is 11.1. The van der Waals surface area contributed by atoms with Crippen molar-refractivity contribution in [3.8, 4) is 0 Å². The van der Waals surface area contributed by atoms with Crippen LogP contribution in [0.2, 0.25) is 0 Å². The van der Waals surface area contributed by atoms with Gasteiger partial charge in [-0.15, -0.1) is 0 Å². The fourth-order valence-electron chi connectivity index (χ4n) is 1.48. The van der Waals surface area contributed by atoms with Crippen LogP contribution >= 0.6 is 0 Å². The maximum Gasteiger partial charge on any atom is 0.330 e. The molecule has 0 radical (unpaired) electrons. The summed E-state index contributed by atoms with van der Waals surface area (Å²) in [6, 6.07) is 4.45. The second-order valence-electron chi connectivity index (χ2n) is 3.29. The van der Waals surface area contributed by atoms with Crippen molar-refractivity contribution in [3.05, 3.63) is 41.9 Å². The fraction of sp³-hybridized carbons (Fsp3) is 0.0833. The van der Waals surface area contributed by atoms with Gasteiger partial charge in [0, 0.05) is 28.7 Å². The molecule has 1 aromatic carbocycles. The van der Waals surface area contributed by atoms with E-state index in [1.807, 2.05) is 0 Å². The predicted molar refractivity (Wildman–Crippen MR) is 59.3 cm³/mol. The second kappa shape index (κ2) is 4.18. The molecule has 4 heteroatoms. The van der Waals surface area contributed by atoms with Crippen LogP contribution in [0, 0.1) is 5.82 Å². The summed E-state index contributed by atoms with van der Waals surface area (Å²) < 4.78 is 17.4. The van der Waals surface area contributed by atoms with Gasteiger partial charge in [-0.3, -0.25) is 0 Å². The van der Waals surface area contributed by atoms with E-state index in [1.165, 1.54) is 25.3 Å². The summed E-state index contributed by atoms with van der Waals surface area (Å²) in [5.74, 6) is -0.714.